The Morgan fingerprint density at radius 1 is 0.720 bits per heavy atom. The Morgan fingerprint density at radius 2 is 1.04 bits per heavy atom. The number of aromatic carboxylic acids is 2. The second kappa shape index (κ2) is 15.7. The van der Waals surface area contributed by atoms with Gasteiger partial charge in [-0.25, -0.2) is 9.59 Å². The van der Waals surface area contributed by atoms with Crippen molar-refractivity contribution in [2.75, 3.05) is 0 Å². The molecule has 2 aromatic rings. The van der Waals surface area contributed by atoms with Gasteiger partial charge in [-0.15, -0.1) is 0 Å². The predicted octanol–water partition coefficient (Wildman–Crippen LogP) is 5.12. The average molecular weight is 449 g/mol. The summed E-state index contributed by atoms with van der Waals surface area (Å²) < 4.78 is 3.19. The van der Waals surface area contributed by atoms with Crippen molar-refractivity contribution in [1.29, 1.82) is 0 Å². The molecule has 2 rings (SSSR count). The smallest absolute Gasteiger partial charge is 0.335 e. The third kappa shape index (κ3) is 13.2. The van der Waals surface area contributed by atoms with E-state index in [0.29, 0.717) is 11.1 Å². The van der Waals surface area contributed by atoms with Gasteiger partial charge in [-0.05, 0) is 24.3 Å². The monoisotopic (exact) mass is 450 g/mol. The minimum absolute atomic E-state index is 0.181. The summed E-state index contributed by atoms with van der Waals surface area (Å²) in [4.78, 5) is 20.4. The number of carbonyl (C=O) groups is 2. The largest absolute Gasteiger partial charge is 0.478 e. The number of hydrogen-bond acceptors (Lipinski definition) is 2. The van der Waals surface area contributed by atoms with Crippen molar-refractivity contribution in [3.05, 3.63) is 71.8 Å². The minimum Gasteiger partial charge on any atom is -0.478 e. The molecule has 2 N–H and O–H groups in total. The summed E-state index contributed by atoms with van der Waals surface area (Å²) in [5.41, 5.74) is 0.662. The third-order valence-electron chi connectivity index (χ3n) is 2.90. The Labute approximate surface area is 160 Å². The minimum atomic E-state index is -0.879. The van der Waals surface area contributed by atoms with Gasteiger partial charge >= 0.3 is 68.6 Å². The molecule has 5 heteroatoms. The maximum atomic E-state index is 10.2. The van der Waals surface area contributed by atoms with Crippen LogP contribution in [-0.2, 0) is 0 Å². The van der Waals surface area contributed by atoms with Gasteiger partial charge in [0.1, 0.15) is 0 Å². The van der Waals surface area contributed by atoms with Crippen LogP contribution in [0.4, 0.5) is 0 Å². The first-order chi connectivity index (χ1) is 12.0. The van der Waals surface area contributed by atoms with Crippen molar-refractivity contribution < 1.29 is 19.8 Å². The first-order valence-corrected chi connectivity index (χ1v) is 12.3. The third-order valence-corrected chi connectivity index (χ3v) is 7.77. The number of rotatable bonds is 6. The zero-order valence-corrected chi connectivity index (χ0v) is 17.7. The van der Waals surface area contributed by atoms with Gasteiger partial charge in [-0.1, -0.05) is 36.4 Å². The van der Waals surface area contributed by atoms with Crippen LogP contribution in [0.1, 0.15) is 47.4 Å². The summed E-state index contributed by atoms with van der Waals surface area (Å²) >= 11 is 0.181. The van der Waals surface area contributed by atoms with E-state index in [1.807, 2.05) is 0 Å². The maximum Gasteiger partial charge on any atom is 0.335 e. The van der Waals surface area contributed by atoms with E-state index in [1.165, 1.54) is 12.8 Å². The van der Waals surface area contributed by atoms with Crippen LogP contribution >= 0.6 is 0 Å². The van der Waals surface area contributed by atoms with Gasteiger partial charge in [-0.2, -0.15) is 0 Å². The first-order valence-electron chi connectivity index (χ1n) is 8.30. The molecule has 2 radical (unpaired) electrons. The molecule has 0 spiro atoms. The molecule has 0 unspecified atom stereocenters. The van der Waals surface area contributed by atoms with Crippen molar-refractivity contribution in [2.45, 2.75) is 35.6 Å². The Bertz CT molecular complexity index is 532. The first kappa shape index (κ1) is 23.2. The van der Waals surface area contributed by atoms with Crippen LogP contribution < -0.4 is 0 Å². The summed E-state index contributed by atoms with van der Waals surface area (Å²) in [5, 5.41) is 16.8. The fraction of sp³-hybridized carbons (Fsp3) is 0.300. The Balaban J connectivity index is 0.000000350. The topological polar surface area (TPSA) is 74.6 Å². The molecule has 0 bridgehead atoms. The van der Waals surface area contributed by atoms with Crippen LogP contribution in [0.2, 0.25) is 8.87 Å². The van der Waals surface area contributed by atoms with Crippen LogP contribution in [0, 0.1) is 0 Å². The summed E-state index contributed by atoms with van der Waals surface area (Å²) in [7, 11) is 0. The second-order valence-corrected chi connectivity index (χ2v) is 9.37. The molecule has 0 aliphatic rings. The molecule has 0 saturated carbocycles. The molecular weight excluding hydrogens is 423 g/mol. The number of benzene rings is 2. The Morgan fingerprint density at radius 3 is 1.24 bits per heavy atom. The van der Waals surface area contributed by atoms with E-state index in [9.17, 15) is 9.59 Å². The van der Waals surface area contributed by atoms with Crippen molar-refractivity contribution in [2.24, 2.45) is 0 Å². The van der Waals surface area contributed by atoms with Gasteiger partial charge in [0.2, 0.25) is 0 Å². The van der Waals surface area contributed by atoms with E-state index in [0.717, 1.165) is 0 Å². The fourth-order valence-corrected chi connectivity index (χ4v) is 4.37. The van der Waals surface area contributed by atoms with Gasteiger partial charge in [0.15, 0.2) is 0 Å². The van der Waals surface area contributed by atoms with Crippen LogP contribution in [0.5, 0.6) is 0 Å². The standard InChI is InChI=1S/2C7H6O2.2C3H7.Sn/c2*8-7(9)6-4-2-1-3-5-6;2*1-3-2;/h2*1-5H,(H,8,9);2*1,3H2,2H3;. The van der Waals surface area contributed by atoms with Crippen LogP contribution in [-0.4, -0.2) is 43.3 Å². The van der Waals surface area contributed by atoms with E-state index in [4.69, 9.17) is 10.2 Å². The van der Waals surface area contributed by atoms with Crippen molar-refractivity contribution >= 4 is 33.1 Å². The second-order valence-electron chi connectivity index (χ2n) is 5.09. The summed E-state index contributed by atoms with van der Waals surface area (Å²) in [5.74, 6) is -1.76. The van der Waals surface area contributed by atoms with Crippen LogP contribution in [0.25, 0.3) is 0 Å². The van der Waals surface area contributed by atoms with Gasteiger partial charge in [0.05, 0.1) is 11.1 Å². The Hall–Kier alpha value is -1.82. The average Bonchev–Trinajstić information content (AvgIpc) is 2.65. The normalized spacial score (nSPS) is 9.04. The van der Waals surface area contributed by atoms with E-state index < -0.39 is 11.9 Å². The Kier molecular flexibility index (Phi) is 14.5. The molecule has 4 nitrogen and oxygen atoms in total. The SMILES string of the molecule is CC[CH2][Sn][CH2]CC.O=C(O)c1ccccc1.O=C(O)c1ccccc1. The van der Waals surface area contributed by atoms with Crippen molar-refractivity contribution in [3.63, 3.8) is 0 Å². The number of carboxylic acid groups (broad SMARTS) is 2. The molecular formula is C20H26O4Sn. The van der Waals surface area contributed by atoms with E-state index in [1.54, 1.807) is 69.5 Å². The molecule has 134 valence electrons. The van der Waals surface area contributed by atoms with Crippen molar-refractivity contribution in [1.82, 2.24) is 0 Å². The fourth-order valence-electron chi connectivity index (χ4n) is 1.64. The zero-order valence-electron chi connectivity index (χ0n) is 14.8. The van der Waals surface area contributed by atoms with Gasteiger partial charge in [0.25, 0.3) is 0 Å². The molecule has 25 heavy (non-hydrogen) atoms. The molecule has 0 fully saturated rings. The van der Waals surface area contributed by atoms with E-state index in [2.05, 4.69) is 13.8 Å². The van der Waals surface area contributed by atoms with Crippen molar-refractivity contribution in [3.8, 4) is 0 Å². The predicted molar refractivity (Wildman–Crippen MR) is 103 cm³/mol. The van der Waals surface area contributed by atoms with Gasteiger partial charge < -0.3 is 10.2 Å². The van der Waals surface area contributed by atoms with E-state index in [-0.39, 0.29) is 21.1 Å². The van der Waals surface area contributed by atoms with Crippen LogP contribution in [0.3, 0.4) is 0 Å². The molecule has 0 aliphatic carbocycles. The number of hydrogen-bond donors (Lipinski definition) is 2. The molecule has 0 aromatic heterocycles. The molecule has 0 aliphatic heterocycles. The van der Waals surface area contributed by atoms with Gasteiger partial charge in [-0.3, -0.25) is 0 Å². The molecule has 0 amide bonds. The summed E-state index contributed by atoms with van der Waals surface area (Å²) in [6.07, 6.45) is 2.87. The molecule has 0 atom stereocenters. The number of carboxylic acids is 2. The van der Waals surface area contributed by atoms with Crippen LogP contribution in [0.15, 0.2) is 60.7 Å². The summed E-state index contributed by atoms with van der Waals surface area (Å²) in [6.45, 7) is 4.58. The molecule has 0 saturated heterocycles. The van der Waals surface area contributed by atoms with Gasteiger partial charge in [0, 0.05) is 0 Å². The maximum absolute atomic E-state index is 10.2. The molecule has 2 aromatic carbocycles. The van der Waals surface area contributed by atoms with E-state index >= 15 is 0 Å². The quantitative estimate of drug-likeness (QED) is 0.475. The molecule has 0 heterocycles. The zero-order chi connectivity index (χ0) is 18.9. The summed E-state index contributed by atoms with van der Waals surface area (Å²) in [6, 6.07) is 16.6.